The first-order valence-corrected chi connectivity index (χ1v) is 9.16. The number of methoxy groups -OCH3 is 1. The van der Waals surface area contributed by atoms with E-state index in [1.54, 1.807) is 22.8 Å². The molecule has 1 aromatic heterocycles. The number of urea groups is 1. The van der Waals surface area contributed by atoms with Crippen molar-refractivity contribution in [2.24, 2.45) is 4.99 Å². The van der Waals surface area contributed by atoms with Crippen LogP contribution in [0.15, 0.2) is 35.5 Å². The summed E-state index contributed by atoms with van der Waals surface area (Å²) in [7, 11) is 1.56. The van der Waals surface area contributed by atoms with Crippen molar-refractivity contribution in [1.29, 1.82) is 0 Å². The molecule has 0 N–H and O–H groups in total. The van der Waals surface area contributed by atoms with E-state index in [0.29, 0.717) is 23.6 Å². The number of benzene rings is 1. The Labute approximate surface area is 159 Å². The summed E-state index contributed by atoms with van der Waals surface area (Å²) < 4.78 is 44.9. The number of ether oxygens (including phenoxy) is 1. The van der Waals surface area contributed by atoms with Gasteiger partial charge in [0, 0.05) is 36.5 Å². The number of carbonyl (C=O) groups excluding carboxylic acids is 1. The molecule has 0 radical (unpaired) electrons. The Bertz CT molecular complexity index is 839. The van der Waals surface area contributed by atoms with E-state index >= 15 is 0 Å². The maximum atomic E-state index is 12.8. The number of amides is 2. The Hall–Kier alpha value is -2.13. The number of aryl methyl sites for hydroxylation is 1. The summed E-state index contributed by atoms with van der Waals surface area (Å²) in [6.07, 6.45) is -2.65. The lowest BCUT2D eigenvalue weighted by atomic mass is 10.2. The zero-order valence-corrected chi connectivity index (χ0v) is 16.4. The van der Waals surface area contributed by atoms with Gasteiger partial charge in [0.15, 0.2) is 4.80 Å². The van der Waals surface area contributed by atoms with Gasteiger partial charge in [-0.05, 0) is 45.0 Å². The van der Waals surface area contributed by atoms with Gasteiger partial charge < -0.3 is 9.64 Å². The summed E-state index contributed by atoms with van der Waals surface area (Å²) in [6, 6.07) is 4.29. The highest BCUT2D eigenvalue weighted by Crippen LogP contribution is 2.29. The second-order valence-electron chi connectivity index (χ2n) is 6.21. The van der Waals surface area contributed by atoms with Crippen molar-refractivity contribution in [3.05, 3.63) is 45.7 Å². The van der Waals surface area contributed by atoms with E-state index in [9.17, 15) is 18.0 Å². The van der Waals surface area contributed by atoms with E-state index < -0.39 is 17.8 Å². The molecular weight excluding hydrogens is 379 g/mol. The van der Waals surface area contributed by atoms with Crippen molar-refractivity contribution in [2.75, 3.05) is 20.3 Å². The first-order chi connectivity index (χ1) is 12.6. The molecule has 0 bridgehead atoms. The molecule has 0 aliphatic heterocycles. The van der Waals surface area contributed by atoms with Gasteiger partial charge in [-0.1, -0.05) is 0 Å². The highest BCUT2D eigenvalue weighted by Gasteiger charge is 2.30. The van der Waals surface area contributed by atoms with Gasteiger partial charge in [-0.3, -0.25) is 4.57 Å². The van der Waals surface area contributed by atoms with Gasteiger partial charge in [-0.2, -0.15) is 18.2 Å². The predicted molar refractivity (Wildman–Crippen MR) is 98.1 cm³/mol. The van der Waals surface area contributed by atoms with Crippen molar-refractivity contribution in [1.82, 2.24) is 9.47 Å². The van der Waals surface area contributed by atoms with Crippen LogP contribution in [0, 0.1) is 6.92 Å². The number of nitrogens with zero attached hydrogens (tertiary/aromatic N) is 3. The molecule has 1 aromatic carbocycles. The monoisotopic (exact) mass is 401 g/mol. The molecule has 0 aliphatic carbocycles. The molecule has 0 aliphatic rings. The Morgan fingerprint density at radius 3 is 2.44 bits per heavy atom. The zero-order valence-electron chi connectivity index (χ0n) is 15.6. The second-order valence-corrected chi connectivity index (χ2v) is 7.43. The lowest BCUT2D eigenvalue weighted by molar-refractivity contribution is -0.137. The Morgan fingerprint density at radius 1 is 1.30 bits per heavy atom. The molecule has 5 nitrogen and oxygen atoms in total. The summed E-state index contributed by atoms with van der Waals surface area (Å²) in [5.74, 6) is 0. The van der Waals surface area contributed by atoms with Gasteiger partial charge >= 0.3 is 12.2 Å². The van der Waals surface area contributed by atoms with Crippen LogP contribution in [0.3, 0.4) is 0 Å². The van der Waals surface area contributed by atoms with Crippen LogP contribution in [-0.2, 0) is 10.9 Å². The standard InChI is InChI=1S/C18H22F3N3O2S/c1-12(2)23(9-10-26-4)16(25)22-17-24(11-13(3)27-17)15-7-5-14(6-8-15)18(19,20)21/h5-8,11-12H,9-10H2,1-4H3/b22-17-. The molecule has 0 saturated heterocycles. The van der Waals surface area contributed by atoms with Gasteiger partial charge in [-0.15, -0.1) is 11.3 Å². The maximum Gasteiger partial charge on any atom is 0.416 e. The Balaban J connectivity index is 2.39. The maximum absolute atomic E-state index is 12.8. The van der Waals surface area contributed by atoms with Gasteiger partial charge in [0.2, 0.25) is 0 Å². The molecule has 0 unspecified atom stereocenters. The molecule has 2 rings (SSSR count). The van der Waals surface area contributed by atoms with Crippen molar-refractivity contribution in [3.63, 3.8) is 0 Å². The Kier molecular flexibility index (Phi) is 6.83. The van der Waals surface area contributed by atoms with E-state index in [4.69, 9.17) is 4.74 Å². The number of rotatable bonds is 5. The number of aromatic nitrogens is 1. The van der Waals surface area contributed by atoms with Gasteiger partial charge in [0.1, 0.15) is 0 Å². The average molecular weight is 401 g/mol. The molecule has 9 heteroatoms. The fourth-order valence-corrected chi connectivity index (χ4v) is 3.27. The van der Waals surface area contributed by atoms with Crippen LogP contribution in [0.2, 0.25) is 0 Å². The molecular formula is C18H22F3N3O2S. The molecule has 0 spiro atoms. The first-order valence-electron chi connectivity index (χ1n) is 8.34. The highest BCUT2D eigenvalue weighted by molar-refractivity contribution is 7.09. The number of hydrogen-bond acceptors (Lipinski definition) is 3. The Morgan fingerprint density at radius 2 is 1.93 bits per heavy atom. The van der Waals surface area contributed by atoms with Crippen molar-refractivity contribution >= 4 is 17.4 Å². The minimum absolute atomic E-state index is 0.0584. The number of carbonyl (C=O) groups is 1. The van der Waals surface area contributed by atoms with Crippen molar-refractivity contribution < 1.29 is 22.7 Å². The lowest BCUT2D eigenvalue weighted by Crippen LogP contribution is -2.38. The number of hydrogen-bond donors (Lipinski definition) is 0. The summed E-state index contributed by atoms with van der Waals surface area (Å²) >= 11 is 1.30. The number of halogens is 3. The molecule has 27 heavy (non-hydrogen) atoms. The summed E-state index contributed by atoms with van der Waals surface area (Å²) in [6.45, 7) is 6.40. The molecule has 0 atom stereocenters. The van der Waals surface area contributed by atoms with Gasteiger partial charge in [0.05, 0.1) is 12.2 Å². The largest absolute Gasteiger partial charge is 0.416 e. The average Bonchev–Trinajstić information content (AvgIpc) is 2.94. The van der Waals surface area contributed by atoms with Crippen LogP contribution in [0.25, 0.3) is 5.69 Å². The lowest BCUT2D eigenvalue weighted by Gasteiger charge is -2.23. The SMILES string of the molecule is COCCN(C(=O)/N=c1\sc(C)cn1-c1ccc(C(F)(F)F)cc1)C(C)C. The smallest absolute Gasteiger partial charge is 0.383 e. The van der Waals surface area contributed by atoms with Crippen LogP contribution in [-0.4, -0.2) is 41.8 Å². The number of thiazole rings is 1. The third-order valence-corrected chi connectivity index (χ3v) is 4.74. The zero-order chi connectivity index (χ0) is 20.2. The molecule has 148 valence electrons. The minimum atomic E-state index is -4.39. The molecule has 1 heterocycles. The normalized spacial score (nSPS) is 12.7. The van der Waals surface area contributed by atoms with Crippen molar-refractivity contribution in [2.45, 2.75) is 33.0 Å². The minimum Gasteiger partial charge on any atom is -0.383 e. The van der Waals surface area contributed by atoms with E-state index in [1.165, 1.54) is 23.5 Å². The first kappa shape index (κ1) is 21.2. The van der Waals surface area contributed by atoms with E-state index in [0.717, 1.165) is 17.0 Å². The predicted octanol–water partition coefficient (Wildman–Crippen LogP) is 4.24. The quantitative estimate of drug-likeness (QED) is 0.752. The third-order valence-electron chi connectivity index (χ3n) is 3.84. The van der Waals surface area contributed by atoms with Crippen LogP contribution >= 0.6 is 11.3 Å². The third kappa shape index (κ3) is 5.43. The van der Waals surface area contributed by atoms with Crippen LogP contribution in [0.4, 0.5) is 18.0 Å². The van der Waals surface area contributed by atoms with Gasteiger partial charge in [-0.25, -0.2) is 4.79 Å². The summed E-state index contributed by atoms with van der Waals surface area (Å²) in [5, 5.41) is 0. The van der Waals surface area contributed by atoms with E-state index in [2.05, 4.69) is 4.99 Å². The van der Waals surface area contributed by atoms with Crippen LogP contribution < -0.4 is 4.80 Å². The summed E-state index contributed by atoms with van der Waals surface area (Å²) in [5.41, 5.74) is -0.217. The van der Waals surface area contributed by atoms with Crippen LogP contribution in [0.1, 0.15) is 24.3 Å². The fraction of sp³-hybridized carbons (Fsp3) is 0.444. The molecule has 0 fully saturated rings. The summed E-state index contributed by atoms with van der Waals surface area (Å²) in [4.78, 5) is 19.6. The van der Waals surface area contributed by atoms with E-state index in [-0.39, 0.29) is 6.04 Å². The van der Waals surface area contributed by atoms with Crippen molar-refractivity contribution in [3.8, 4) is 5.69 Å². The highest BCUT2D eigenvalue weighted by atomic mass is 32.1. The van der Waals surface area contributed by atoms with Gasteiger partial charge in [0.25, 0.3) is 0 Å². The number of alkyl halides is 3. The second kappa shape index (κ2) is 8.71. The molecule has 2 amide bonds. The fourth-order valence-electron chi connectivity index (χ4n) is 2.44. The molecule has 2 aromatic rings. The van der Waals surface area contributed by atoms with E-state index in [1.807, 2.05) is 20.8 Å². The van der Waals surface area contributed by atoms with Crippen LogP contribution in [0.5, 0.6) is 0 Å². The molecule has 0 saturated carbocycles. The topological polar surface area (TPSA) is 46.8 Å².